The molecule has 0 aliphatic heterocycles. The van der Waals surface area contributed by atoms with Gasteiger partial charge in [0.2, 0.25) is 0 Å². The summed E-state index contributed by atoms with van der Waals surface area (Å²) < 4.78 is 10.00. The number of hydrogen-bond acceptors (Lipinski definition) is 5. The van der Waals surface area contributed by atoms with Gasteiger partial charge in [0.1, 0.15) is 0 Å². The fourth-order valence-electron chi connectivity index (χ4n) is 1.53. The van der Waals surface area contributed by atoms with E-state index in [0.717, 1.165) is 38.3 Å². The number of nitrogens with one attached hydrogen (secondary N) is 1. The van der Waals surface area contributed by atoms with Crippen molar-refractivity contribution in [2.45, 2.75) is 26.3 Å². The van der Waals surface area contributed by atoms with E-state index < -0.39 is 0 Å². The van der Waals surface area contributed by atoms with Crippen molar-refractivity contribution in [3.63, 3.8) is 0 Å². The van der Waals surface area contributed by atoms with Crippen LogP contribution in [0.25, 0.3) is 0 Å². The Labute approximate surface area is 114 Å². The van der Waals surface area contributed by atoms with Crippen LogP contribution in [0.2, 0.25) is 0 Å². The SMILES string of the molecule is CCCOCCCNCc1ccc(C(=O)OC)cn1. The second-order valence-corrected chi connectivity index (χ2v) is 4.17. The maximum absolute atomic E-state index is 11.2. The summed E-state index contributed by atoms with van der Waals surface area (Å²) in [5.41, 5.74) is 1.38. The van der Waals surface area contributed by atoms with Gasteiger partial charge in [-0.2, -0.15) is 0 Å². The molecule has 1 aromatic heterocycles. The van der Waals surface area contributed by atoms with Gasteiger partial charge in [0.25, 0.3) is 0 Å². The number of hydrogen-bond donors (Lipinski definition) is 1. The monoisotopic (exact) mass is 266 g/mol. The average Bonchev–Trinajstić information content (AvgIpc) is 2.46. The molecule has 106 valence electrons. The van der Waals surface area contributed by atoms with E-state index >= 15 is 0 Å². The van der Waals surface area contributed by atoms with E-state index in [-0.39, 0.29) is 5.97 Å². The Balaban J connectivity index is 2.18. The van der Waals surface area contributed by atoms with Gasteiger partial charge in [-0.1, -0.05) is 6.92 Å². The second kappa shape index (κ2) is 9.47. The molecule has 1 N–H and O–H groups in total. The topological polar surface area (TPSA) is 60.5 Å². The molecule has 0 aliphatic carbocycles. The van der Waals surface area contributed by atoms with E-state index in [1.54, 1.807) is 6.07 Å². The third-order valence-electron chi connectivity index (χ3n) is 2.54. The number of esters is 1. The van der Waals surface area contributed by atoms with Gasteiger partial charge in [-0.15, -0.1) is 0 Å². The minimum atomic E-state index is -0.361. The summed E-state index contributed by atoms with van der Waals surface area (Å²) in [5, 5.41) is 3.28. The third-order valence-corrected chi connectivity index (χ3v) is 2.54. The van der Waals surface area contributed by atoms with Gasteiger partial charge in [0, 0.05) is 26.0 Å². The van der Waals surface area contributed by atoms with Gasteiger partial charge in [-0.3, -0.25) is 4.98 Å². The molecular weight excluding hydrogens is 244 g/mol. The van der Waals surface area contributed by atoms with E-state index in [4.69, 9.17) is 4.74 Å². The molecule has 0 radical (unpaired) electrons. The first-order valence-electron chi connectivity index (χ1n) is 6.59. The zero-order valence-electron chi connectivity index (χ0n) is 11.6. The van der Waals surface area contributed by atoms with Gasteiger partial charge >= 0.3 is 5.97 Å². The molecule has 5 nitrogen and oxygen atoms in total. The number of ether oxygens (including phenoxy) is 2. The van der Waals surface area contributed by atoms with Gasteiger partial charge in [-0.25, -0.2) is 4.79 Å². The molecule has 19 heavy (non-hydrogen) atoms. The molecule has 0 spiro atoms. The Bertz CT molecular complexity index is 365. The molecular formula is C14H22N2O3. The van der Waals surface area contributed by atoms with Crippen molar-refractivity contribution in [3.8, 4) is 0 Å². The molecule has 0 saturated carbocycles. The van der Waals surface area contributed by atoms with Crippen molar-refractivity contribution in [2.75, 3.05) is 26.9 Å². The molecule has 0 aromatic carbocycles. The molecule has 1 heterocycles. The zero-order chi connectivity index (χ0) is 13.9. The number of pyridine rings is 1. The maximum atomic E-state index is 11.2. The molecule has 0 fully saturated rings. The van der Waals surface area contributed by atoms with Gasteiger partial charge in [0.15, 0.2) is 0 Å². The van der Waals surface area contributed by atoms with Crippen LogP contribution in [0.5, 0.6) is 0 Å². The Morgan fingerprint density at radius 2 is 2.21 bits per heavy atom. The highest BCUT2D eigenvalue weighted by atomic mass is 16.5. The summed E-state index contributed by atoms with van der Waals surface area (Å²) in [4.78, 5) is 15.4. The van der Waals surface area contributed by atoms with E-state index in [9.17, 15) is 4.79 Å². The Morgan fingerprint density at radius 1 is 1.37 bits per heavy atom. The summed E-state index contributed by atoms with van der Waals surface area (Å²) in [5.74, 6) is -0.361. The highest BCUT2D eigenvalue weighted by Crippen LogP contribution is 2.01. The summed E-state index contributed by atoms with van der Waals surface area (Å²) in [6.07, 6.45) is 3.58. The Hall–Kier alpha value is -1.46. The van der Waals surface area contributed by atoms with Crippen LogP contribution in [0, 0.1) is 0 Å². The molecule has 0 bridgehead atoms. The zero-order valence-corrected chi connectivity index (χ0v) is 11.6. The molecule has 0 aliphatic rings. The predicted octanol–water partition coefficient (Wildman–Crippen LogP) is 1.77. The van der Waals surface area contributed by atoms with Crippen LogP contribution in [-0.4, -0.2) is 37.8 Å². The lowest BCUT2D eigenvalue weighted by Gasteiger charge is -2.05. The molecule has 0 amide bonds. The van der Waals surface area contributed by atoms with Crippen LogP contribution >= 0.6 is 0 Å². The number of carbonyl (C=O) groups excluding carboxylic acids is 1. The normalized spacial score (nSPS) is 10.4. The van der Waals surface area contributed by atoms with Crippen LogP contribution in [0.3, 0.4) is 0 Å². The Morgan fingerprint density at radius 3 is 2.84 bits per heavy atom. The van der Waals surface area contributed by atoms with E-state index in [1.165, 1.54) is 13.3 Å². The predicted molar refractivity (Wildman–Crippen MR) is 73.0 cm³/mol. The summed E-state index contributed by atoms with van der Waals surface area (Å²) in [7, 11) is 1.36. The van der Waals surface area contributed by atoms with Crippen molar-refractivity contribution in [1.82, 2.24) is 10.3 Å². The molecule has 0 unspecified atom stereocenters. The fraction of sp³-hybridized carbons (Fsp3) is 0.571. The lowest BCUT2D eigenvalue weighted by Crippen LogP contribution is -2.17. The summed E-state index contributed by atoms with van der Waals surface area (Å²) >= 11 is 0. The lowest BCUT2D eigenvalue weighted by atomic mass is 10.2. The first kappa shape index (κ1) is 15.6. The standard InChI is InChI=1S/C14H22N2O3/c1-3-8-19-9-4-7-15-11-13-6-5-12(10-16-13)14(17)18-2/h5-6,10,15H,3-4,7-9,11H2,1-2H3. The van der Waals surface area contributed by atoms with Crippen molar-refractivity contribution < 1.29 is 14.3 Å². The fourth-order valence-corrected chi connectivity index (χ4v) is 1.53. The number of rotatable bonds is 9. The molecule has 1 rings (SSSR count). The van der Waals surface area contributed by atoms with Crippen LogP contribution in [0.15, 0.2) is 18.3 Å². The highest BCUT2D eigenvalue weighted by Gasteiger charge is 2.04. The first-order chi connectivity index (χ1) is 9.27. The number of nitrogens with zero attached hydrogens (tertiary/aromatic N) is 1. The van der Waals surface area contributed by atoms with Gasteiger partial charge < -0.3 is 14.8 Å². The maximum Gasteiger partial charge on any atom is 0.339 e. The summed E-state index contributed by atoms with van der Waals surface area (Å²) in [6, 6.07) is 3.55. The smallest absolute Gasteiger partial charge is 0.339 e. The van der Waals surface area contributed by atoms with E-state index in [1.807, 2.05) is 6.07 Å². The lowest BCUT2D eigenvalue weighted by molar-refractivity contribution is 0.0600. The minimum Gasteiger partial charge on any atom is -0.465 e. The molecule has 0 saturated heterocycles. The Kier molecular flexibility index (Phi) is 7.77. The van der Waals surface area contributed by atoms with E-state index in [0.29, 0.717) is 12.1 Å². The van der Waals surface area contributed by atoms with Gasteiger partial charge in [-0.05, 0) is 31.5 Å². The van der Waals surface area contributed by atoms with E-state index in [2.05, 4.69) is 22.0 Å². The molecule has 0 atom stereocenters. The van der Waals surface area contributed by atoms with Gasteiger partial charge in [0.05, 0.1) is 18.4 Å². The van der Waals surface area contributed by atoms with Crippen molar-refractivity contribution in [3.05, 3.63) is 29.6 Å². The van der Waals surface area contributed by atoms with Crippen molar-refractivity contribution >= 4 is 5.97 Å². The third kappa shape index (κ3) is 6.31. The highest BCUT2D eigenvalue weighted by molar-refractivity contribution is 5.88. The first-order valence-corrected chi connectivity index (χ1v) is 6.59. The summed E-state index contributed by atoms with van der Waals surface area (Å²) in [6.45, 7) is 5.30. The largest absolute Gasteiger partial charge is 0.465 e. The average molecular weight is 266 g/mol. The molecule has 5 heteroatoms. The second-order valence-electron chi connectivity index (χ2n) is 4.17. The minimum absolute atomic E-state index is 0.361. The quantitative estimate of drug-likeness (QED) is 0.545. The number of carbonyl (C=O) groups is 1. The number of aromatic nitrogens is 1. The molecule has 1 aromatic rings. The van der Waals surface area contributed by atoms with Crippen LogP contribution < -0.4 is 5.32 Å². The number of methoxy groups -OCH3 is 1. The van der Waals surface area contributed by atoms with Crippen LogP contribution in [0.1, 0.15) is 35.8 Å². The van der Waals surface area contributed by atoms with Crippen molar-refractivity contribution in [1.29, 1.82) is 0 Å². The van der Waals surface area contributed by atoms with Crippen LogP contribution in [-0.2, 0) is 16.0 Å². The van der Waals surface area contributed by atoms with Crippen LogP contribution in [0.4, 0.5) is 0 Å². The van der Waals surface area contributed by atoms with Crippen molar-refractivity contribution in [2.24, 2.45) is 0 Å².